The van der Waals surface area contributed by atoms with Gasteiger partial charge in [-0.25, -0.2) is 6.61 Å². The zero-order valence-corrected chi connectivity index (χ0v) is 20.7. The average molecular weight is 446 g/mol. The van der Waals surface area contributed by atoms with Crippen LogP contribution in [0.4, 0.5) is 0 Å². The first kappa shape index (κ1) is 20.2. The van der Waals surface area contributed by atoms with E-state index in [1.807, 2.05) is 55.1 Å². The third kappa shape index (κ3) is 5.69. The first-order valence-electron chi connectivity index (χ1n) is 7.75. The number of methoxy groups -OCH3 is 1. The molecule has 0 aliphatic carbocycles. The summed E-state index contributed by atoms with van der Waals surface area (Å²) < 4.78 is 22.6. The van der Waals surface area contributed by atoms with Gasteiger partial charge in [-0.15, -0.1) is 5.92 Å². The third-order valence-electron chi connectivity index (χ3n) is 3.67. The van der Waals surface area contributed by atoms with Gasteiger partial charge in [0.15, 0.2) is 17.8 Å². The molecule has 3 rings (SSSR count). The molecule has 2 atom stereocenters. The Morgan fingerprint density at radius 1 is 1.12 bits per heavy atom. The number of hydrogen-bond donors (Lipinski definition) is 0. The predicted molar refractivity (Wildman–Crippen MR) is 87.4 cm³/mol. The number of ether oxygens (including phenoxy) is 4. The SMILES string of the molecule is COc1ccc(OC2C[C@@H](C)[CH-]O2)cc1OCc1ccccc1.[Cs+]. The van der Waals surface area contributed by atoms with Gasteiger partial charge in [-0.1, -0.05) is 37.3 Å². The second kappa shape index (κ2) is 10.1. The molecule has 1 fully saturated rings. The molecular weight excluding hydrogens is 425 g/mol. The fourth-order valence-electron chi connectivity index (χ4n) is 2.44. The van der Waals surface area contributed by atoms with Crippen molar-refractivity contribution in [3.8, 4) is 17.2 Å². The van der Waals surface area contributed by atoms with Crippen molar-refractivity contribution in [3.05, 3.63) is 60.7 Å². The van der Waals surface area contributed by atoms with Crippen molar-refractivity contribution in [1.29, 1.82) is 0 Å². The fourth-order valence-corrected chi connectivity index (χ4v) is 2.44. The summed E-state index contributed by atoms with van der Waals surface area (Å²) in [6.07, 6.45) is 0.618. The molecule has 0 spiro atoms. The summed E-state index contributed by atoms with van der Waals surface area (Å²) in [5.74, 6) is 2.46. The van der Waals surface area contributed by atoms with Crippen LogP contribution in [-0.2, 0) is 11.3 Å². The average Bonchev–Trinajstić information content (AvgIpc) is 2.99. The molecule has 1 aliphatic heterocycles. The normalized spacial score (nSPS) is 19.4. The molecule has 5 heteroatoms. The standard InChI is InChI=1S/C19H21O4.Cs/c1-14-10-19(22-12-14)23-16-8-9-17(20-2)18(11-16)21-13-15-6-4-3-5-7-15;/h3-9,11-12,14,19H,10,13H2,1-2H3;/q-1;+1/t14-,19?;/m1./s1. The quantitative estimate of drug-likeness (QED) is 0.626. The Balaban J connectivity index is 0.00000208. The van der Waals surface area contributed by atoms with E-state index in [1.165, 1.54) is 0 Å². The Morgan fingerprint density at radius 3 is 2.58 bits per heavy atom. The van der Waals surface area contributed by atoms with Crippen molar-refractivity contribution in [2.45, 2.75) is 26.2 Å². The second-order valence-electron chi connectivity index (χ2n) is 5.62. The molecule has 2 aromatic carbocycles. The van der Waals surface area contributed by atoms with Gasteiger partial charge >= 0.3 is 68.9 Å². The van der Waals surface area contributed by atoms with Crippen LogP contribution in [-0.4, -0.2) is 13.4 Å². The Kier molecular flexibility index (Phi) is 8.50. The van der Waals surface area contributed by atoms with E-state index in [0.717, 1.165) is 12.0 Å². The van der Waals surface area contributed by atoms with Gasteiger partial charge in [0.2, 0.25) is 0 Å². The van der Waals surface area contributed by atoms with Crippen LogP contribution in [0.15, 0.2) is 48.5 Å². The van der Waals surface area contributed by atoms with E-state index in [4.69, 9.17) is 18.9 Å². The van der Waals surface area contributed by atoms with Crippen molar-refractivity contribution >= 4 is 0 Å². The Bertz CT molecular complexity index is 633. The maximum Gasteiger partial charge on any atom is 1.00 e. The summed E-state index contributed by atoms with van der Waals surface area (Å²) in [6.45, 7) is 4.40. The van der Waals surface area contributed by atoms with Gasteiger partial charge in [0.25, 0.3) is 0 Å². The van der Waals surface area contributed by atoms with Gasteiger partial charge in [-0.2, -0.15) is 0 Å². The van der Waals surface area contributed by atoms with Crippen LogP contribution in [0.3, 0.4) is 0 Å². The molecule has 1 unspecified atom stereocenters. The monoisotopic (exact) mass is 446 g/mol. The van der Waals surface area contributed by atoms with E-state index in [1.54, 1.807) is 7.11 Å². The van der Waals surface area contributed by atoms with Gasteiger partial charge in [-0.3, -0.25) is 0 Å². The van der Waals surface area contributed by atoms with Crippen LogP contribution < -0.4 is 83.1 Å². The summed E-state index contributed by atoms with van der Waals surface area (Å²) in [7, 11) is 1.63. The predicted octanol–water partition coefficient (Wildman–Crippen LogP) is 1.20. The zero-order valence-electron chi connectivity index (χ0n) is 14.4. The molecule has 4 nitrogen and oxygen atoms in total. The van der Waals surface area contributed by atoms with Gasteiger partial charge in [0, 0.05) is 6.07 Å². The summed E-state index contributed by atoms with van der Waals surface area (Å²) >= 11 is 0. The molecule has 2 aromatic rings. The van der Waals surface area contributed by atoms with E-state index < -0.39 is 0 Å². The minimum Gasteiger partial charge on any atom is -0.520 e. The van der Waals surface area contributed by atoms with Crippen LogP contribution in [0.1, 0.15) is 18.9 Å². The van der Waals surface area contributed by atoms with E-state index in [-0.39, 0.29) is 75.2 Å². The van der Waals surface area contributed by atoms with Gasteiger partial charge in [0.05, 0.1) is 7.11 Å². The Morgan fingerprint density at radius 2 is 1.92 bits per heavy atom. The molecule has 0 N–H and O–H groups in total. The molecule has 1 saturated heterocycles. The molecule has 1 aliphatic rings. The van der Waals surface area contributed by atoms with E-state index in [0.29, 0.717) is 29.8 Å². The van der Waals surface area contributed by atoms with Crippen LogP contribution in [0.2, 0.25) is 0 Å². The number of benzene rings is 2. The Hall–Kier alpha value is -0.148. The largest absolute Gasteiger partial charge is 1.00 e. The summed E-state index contributed by atoms with van der Waals surface area (Å²) in [6, 6.07) is 15.6. The van der Waals surface area contributed by atoms with Crippen LogP contribution in [0, 0.1) is 12.5 Å². The first-order chi connectivity index (χ1) is 11.2. The fraction of sp³-hybridized carbons (Fsp3) is 0.316. The molecule has 24 heavy (non-hydrogen) atoms. The number of rotatable bonds is 6. The maximum absolute atomic E-state index is 5.89. The number of hydrogen-bond acceptors (Lipinski definition) is 4. The van der Waals surface area contributed by atoms with E-state index in [9.17, 15) is 0 Å². The maximum atomic E-state index is 5.89. The molecule has 0 saturated carbocycles. The zero-order chi connectivity index (χ0) is 16.1. The molecule has 0 aromatic heterocycles. The molecular formula is C19H21CsO4. The van der Waals surface area contributed by atoms with Gasteiger partial charge < -0.3 is 18.9 Å². The summed E-state index contributed by atoms with van der Waals surface area (Å²) in [4.78, 5) is 0. The van der Waals surface area contributed by atoms with Gasteiger partial charge in [0.1, 0.15) is 12.4 Å². The first-order valence-corrected chi connectivity index (χ1v) is 7.75. The van der Waals surface area contributed by atoms with Crippen LogP contribution >= 0.6 is 0 Å². The smallest absolute Gasteiger partial charge is 0.520 e. The topological polar surface area (TPSA) is 36.9 Å². The summed E-state index contributed by atoms with van der Waals surface area (Å²) in [5.41, 5.74) is 1.10. The van der Waals surface area contributed by atoms with Crippen molar-refractivity contribution in [2.24, 2.45) is 5.92 Å². The molecule has 0 bridgehead atoms. The minimum absolute atomic E-state index is 0. The van der Waals surface area contributed by atoms with Crippen LogP contribution in [0.5, 0.6) is 17.2 Å². The molecule has 1 heterocycles. The van der Waals surface area contributed by atoms with Crippen molar-refractivity contribution in [1.82, 2.24) is 0 Å². The molecule has 122 valence electrons. The van der Waals surface area contributed by atoms with E-state index in [2.05, 4.69) is 6.92 Å². The Labute approximate surface area is 202 Å². The summed E-state index contributed by atoms with van der Waals surface area (Å²) in [5, 5.41) is 0. The minimum atomic E-state index is -0.236. The van der Waals surface area contributed by atoms with Crippen LogP contribution in [0.25, 0.3) is 0 Å². The van der Waals surface area contributed by atoms with Crippen molar-refractivity contribution in [2.75, 3.05) is 7.11 Å². The molecule has 0 amide bonds. The third-order valence-corrected chi connectivity index (χ3v) is 3.67. The van der Waals surface area contributed by atoms with E-state index >= 15 is 0 Å². The molecule has 0 radical (unpaired) electrons. The van der Waals surface area contributed by atoms with Gasteiger partial charge in [-0.05, 0) is 24.1 Å². The second-order valence-corrected chi connectivity index (χ2v) is 5.62. The van der Waals surface area contributed by atoms with Crippen molar-refractivity contribution in [3.63, 3.8) is 0 Å². The van der Waals surface area contributed by atoms with Crippen molar-refractivity contribution < 1.29 is 87.8 Å².